The highest BCUT2D eigenvalue weighted by atomic mass is 16.6. The number of carbonyl (C=O) groups excluding carboxylic acids is 1. The van der Waals surface area contributed by atoms with Crippen LogP contribution in [0.4, 0.5) is 0 Å². The monoisotopic (exact) mass is 413 g/mol. The van der Waals surface area contributed by atoms with E-state index in [4.69, 9.17) is 4.74 Å². The molecule has 0 bridgehead atoms. The van der Waals surface area contributed by atoms with Crippen molar-refractivity contribution in [3.8, 4) is 0 Å². The number of rotatable bonds is 5. The molecule has 5 nitrogen and oxygen atoms in total. The molecule has 1 saturated carbocycles. The van der Waals surface area contributed by atoms with E-state index in [2.05, 4.69) is 19.9 Å². The van der Waals surface area contributed by atoms with Gasteiger partial charge in [0, 0.05) is 30.3 Å². The van der Waals surface area contributed by atoms with Gasteiger partial charge in [0.1, 0.15) is 6.10 Å². The Bertz CT molecular complexity index is 809. The van der Waals surface area contributed by atoms with Gasteiger partial charge in [-0.1, -0.05) is 55.8 Å². The highest BCUT2D eigenvalue weighted by Gasteiger charge is 2.59. The van der Waals surface area contributed by atoms with E-state index >= 15 is 0 Å². The van der Waals surface area contributed by atoms with Crippen molar-refractivity contribution in [1.82, 2.24) is 4.90 Å². The van der Waals surface area contributed by atoms with Gasteiger partial charge in [0.2, 0.25) is 0 Å². The number of aliphatic hydroxyl groups is 2. The quantitative estimate of drug-likeness (QED) is 0.572. The van der Waals surface area contributed by atoms with Crippen LogP contribution in [-0.4, -0.2) is 52.9 Å². The van der Waals surface area contributed by atoms with Crippen LogP contribution < -0.4 is 0 Å². The number of allylic oxidation sites excluding steroid dienone is 1. The number of likely N-dealkylation sites (N-methyl/N-ethyl adjacent to an activating group) is 1. The minimum atomic E-state index is -0.647. The molecule has 1 heterocycles. The predicted molar refractivity (Wildman–Crippen MR) is 116 cm³/mol. The molecule has 1 saturated heterocycles. The Morgan fingerprint density at radius 1 is 1.30 bits per heavy atom. The first-order valence-electron chi connectivity index (χ1n) is 11.3. The molecule has 0 spiro atoms. The lowest BCUT2D eigenvalue weighted by molar-refractivity contribution is -0.145. The number of ether oxygens (including phenoxy) is 1. The molecule has 3 aliphatic rings. The Morgan fingerprint density at radius 3 is 2.70 bits per heavy atom. The summed E-state index contributed by atoms with van der Waals surface area (Å²) in [4.78, 5) is 14.9. The van der Waals surface area contributed by atoms with Gasteiger partial charge < -0.3 is 14.9 Å². The van der Waals surface area contributed by atoms with Crippen molar-refractivity contribution in [2.24, 2.45) is 23.2 Å². The third kappa shape index (κ3) is 3.41. The maximum absolute atomic E-state index is 12.8. The lowest BCUT2D eigenvalue weighted by atomic mass is 9.55. The molecule has 0 aromatic heterocycles. The summed E-state index contributed by atoms with van der Waals surface area (Å²) >= 11 is 0. The summed E-state index contributed by atoms with van der Waals surface area (Å²) in [6.45, 7) is 6.81. The highest BCUT2D eigenvalue weighted by molar-refractivity contribution is 5.76. The third-order valence-corrected chi connectivity index (χ3v) is 8.35. The van der Waals surface area contributed by atoms with E-state index in [0.29, 0.717) is 12.5 Å². The molecule has 4 rings (SSSR count). The third-order valence-electron chi connectivity index (χ3n) is 8.35. The SMILES string of the molecule is CC(C(O)c1ccccc1)N(C)CC1C(=O)OC2CC3=CCCC(C)C3(C)C(O)C21. The summed E-state index contributed by atoms with van der Waals surface area (Å²) < 4.78 is 5.77. The molecule has 1 aliphatic heterocycles. The van der Waals surface area contributed by atoms with Crippen LogP contribution in [0.25, 0.3) is 0 Å². The fourth-order valence-electron chi connectivity index (χ4n) is 5.92. The second-order valence-electron chi connectivity index (χ2n) is 9.83. The maximum atomic E-state index is 12.8. The van der Waals surface area contributed by atoms with Crippen molar-refractivity contribution in [3.05, 3.63) is 47.5 Å². The maximum Gasteiger partial charge on any atom is 0.311 e. The molecule has 0 amide bonds. The molecule has 8 atom stereocenters. The molecule has 1 aromatic rings. The fraction of sp³-hybridized carbons (Fsp3) is 0.640. The summed E-state index contributed by atoms with van der Waals surface area (Å²) in [7, 11) is 1.93. The van der Waals surface area contributed by atoms with Gasteiger partial charge in [-0.25, -0.2) is 0 Å². The molecule has 1 aromatic carbocycles. The number of benzene rings is 1. The van der Waals surface area contributed by atoms with Gasteiger partial charge in [-0.05, 0) is 38.3 Å². The van der Waals surface area contributed by atoms with Gasteiger partial charge in [-0.15, -0.1) is 0 Å². The van der Waals surface area contributed by atoms with E-state index in [-0.39, 0.29) is 35.4 Å². The van der Waals surface area contributed by atoms with E-state index < -0.39 is 12.2 Å². The predicted octanol–water partition coefficient (Wildman–Crippen LogP) is 3.33. The molecule has 8 unspecified atom stereocenters. The fourth-order valence-corrected chi connectivity index (χ4v) is 5.92. The first-order valence-corrected chi connectivity index (χ1v) is 11.3. The van der Waals surface area contributed by atoms with Crippen LogP contribution in [0.5, 0.6) is 0 Å². The van der Waals surface area contributed by atoms with Gasteiger partial charge >= 0.3 is 5.97 Å². The van der Waals surface area contributed by atoms with Crippen LogP contribution in [0, 0.1) is 23.2 Å². The van der Waals surface area contributed by atoms with Crippen LogP contribution >= 0.6 is 0 Å². The van der Waals surface area contributed by atoms with Crippen LogP contribution in [0.15, 0.2) is 42.0 Å². The smallest absolute Gasteiger partial charge is 0.311 e. The van der Waals surface area contributed by atoms with Gasteiger partial charge in [0.05, 0.1) is 18.1 Å². The van der Waals surface area contributed by atoms with Crippen LogP contribution in [0.2, 0.25) is 0 Å². The second kappa shape index (κ2) is 8.10. The largest absolute Gasteiger partial charge is 0.461 e. The topological polar surface area (TPSA) is 70.0 Å². The number of carbonyl (C=O) groups is 1. The van der Waals surface area contributed by atoms with Gasteiger partial charge in [0.15, 0.2) is 0 Å². The Morgan fingerprint density at radius 2 is 2.00 bits per heavy atom. The molecule has 0 radical (unpaired) electrons. The standard InChI is InChI=1S/C25H35NO4/c1-15-9-8-12-18-13-20-21(23(28)25(15,18)3)19(24(29)30-20)14-26(4)16(2)22(27)17-10-6-5-7-11-17/h5-7,10-12,15-16,19-23,27-28H,8-9,13-14H2,1-4H3. The van der Waals surface area contributed by atoms with Crippen LogP contribution in [0.1, 0.15) is 51.7 Å². The summed E-state index contributed by atoms with van der Waals surface area (Å²) in [5.74, 6) is -0.425. The molecular formula is C25H35NO4. The van der Waals surface area contributed by atoms with Crippen molar-refractivity contribution in [3.63, 3.8) is 0 Å². The van der Waals surface area contributed by atoms with Crippen molar-refractivity contribution in [2.75, 3.05) is 13.6 Å². The van der Waals surface area contributed by atoms with Crippen molar-refractivity contribution in [2.45, 2.75) is 64.4 Å². The average molecular weight is 414 g/mol. The minimum absolute atomic E-state index is 0.167. The number of aliphatic hydroxyl groups excluding tert-OH is 2. The van der Waals surface area contributed by atoms with E-state index in [1.54, 1.807) is 0 Å². The van der Waals surface area contributed by atoms with Crippen molar-refractivity contribution in [1.29, 1.82) is 0 Å². The number of fused-ring (bicyclic) bond motifs is 2. The Hall–Kier alpha value is -1.69. The summed E-state index contributed by atoms with van der Waals surface area (Å²) in [5.41, 5.74) is 1.82. The number of nitrogens with zero attached hydrogens (tertiary/aromatic N) is 1. The lowest BCUT2D eigenvalue weighted by Crippen LogP contribution is -2.55. The summed E-state index contributed by atoms with van der Waals surface area (Å²) in [6, 6.07) is 9.43. The second-order valence-corrected chi connectivity index (χ2v) is 9.83. The van der Waals surface area contributed by atoms with E-state index in [0.717, 1.165) is 24.8 Å². The molecule has 30 heavy (non-hydrogen) atoms. The van der Waals surface area contributed by atoms with E-state index in [1.807, 2.05) is 49.2 Å². The zero-order valence-electron chi connectivity index (χ0n) is 18.5. The zero-order chi connectivity index (χ0) is 21.6. The van der Waals surface area contributed by atoms with Crippen molar-refractivity contribution >= 4 is 5.97 Å². The first kappa shape index (κ1) is 21.5. The van der Waals surface area contributed by atoms with E-state index in [1.165, 1.54) is 5.57 Å². The van der Waals surface area contributed by atoms with Crippen molar-refractivity contribution < 1.29 is 19.7 Å². The molecule has 2 N–H and O–H groups in total. The van der Waals surface area contributed by atoms with Gasteiger partial charge in [-0.2, -0.15) is 0 Å². The zero-order valence-corrected chi connectivity index (χ0v) is 18.5. The molecular weight excluding hydrogens is 378 g/mol. The lowest BCUT2D eigenvalue weighted by Gasteiger charge is -2.52. The van der Waals surface area contributed by atoms with Crippen LogP contribution in [0.3, 0.4) is 0 Å². The Kier molecular flexibility index (Phi) is 5.82. The molecule has 164 valence electrons. The number of hydrogen-bond acceptors (Lipinski definition) is 5. The molecule has 2 fully saturated rings. The minimum Gasteiger partial charge on any atom is -0.461 e. The van der Waals surface area contributed by atoms with Gasteiger partial charge in [0.25, 0.3) is 0 Å². The highest BCUT2D eigenvalue weighted by Crippen LogP contribution is 2.56. The summed E-state index contributed by atoms with van der Waals surface area (Å²) in [6.07, 6.45) is 3.59. The Labute approximate surface area is 179 Å². The normalized spacial score (nSPS) is 37.8. The average Bonchev–Trinajstić information content (AvgIpc) is 3.05. The number of esters is 1. The van der Waals surface area contributed by atoms with Gasteiger partial charge in [-0.3, -0.25) is 9.69 Å². The first-order chi connectivity index (χ1) is 14.2. The Balaban J connectivity index is 1.52. The van der Waals surface area contributed by atoms with E-state index in [9.17, 15) is 15.0 Å². The number of hydrogen-bond donors (Lipinski definition) is 2. The summed E-state index contributed by atoms with van der Waals surface area (Å²) in [5, 5.41) is 22.3. The van der Waals surface area contributed by atoms with Crippen LogP contribution in [-0.2, 0) is 9.53 Å². The molecule has 2 aliphatic carbocycles. The molecule has 5 heteroatoms.